The summed E-state index contributed by atoms with van der Waals surface area (Å²) in [6.45, 7) is 6.46. The highest BCUT2D eigenvalue weighted by atomic mass is 19.2. The van der Waals surface area contributed by atoms with E-state index >= 15 is 0 Å². The number of hydrogen-bond acceptors (Lipinski definition) is 7. The maximum atomic E-state index is 14.4. The third kappa shape index (κ3) is 7.67. The minimum Gasteiger partial charge on any atom is -0.378 e. The molecule has 258 valence electrons. The summed E-state index contributed by atoms with van der Waals surface area (Å²) in [6, 6.07) is 15.9. The molecule has 0 aromatic heterocycles. The highest BCUT2D eigenvalue weighted by molar-refractivity contribution is 6.00. The van der Waals surface area contributed by atoms with Crippen molar-refractivity contribution >= 4 is 34.7 Å². The molecular weight excluding hydrogens is 646 g/mol. The molecule has 0 unspecified atom stereocenters. The summed E-state index contributed by atoms with van der Waals surface area (Å²) in [5.74, 6) is -2.70. The zero-order valence-electron chi connectivity index (χ0n) is 27.5. The minimum absolute atomic E-state index is 0.140. The van der Waals surface area contributed by atoms with Crippen molar-refractivity contribution in [3.63, 3.8) is 0 Å². The van der Waals surface area contributed by atoms with Crippen LogP contribution in [-0.2, 0) is 17.8 Å². The standard InChI is InChI=1S/C18H16F3N3O.C16H14F3N3.C2H6/c19-13-4-5-16-12(10-13)11-24(17-14(20)2-1-3-15(17)21)18(22-16)23-6-8-25-9-7-23;1-21(2)16-20-14-7-6-11(17)8-10(14)9-22(16)15-12(18)4-3-5-13(15)19;1-2/h1-5,10H,6-9,11H2;3-8H,9H2,1-2H3;1-2H3. The van der Waals surface area contributed by atoms with Gasteiger partial charge in [0, 0.05) is 38.3 Å². The molecule has 7 rings (SSSR count). The fourth-order valence-electron chi connectivity index (χ4n) is 5.60. The average molecular weight is 683 g/mol. The van der Waals surface area contributed by atoms with Crippen LogP contribution in [0.25, 0.3) is 0 Å². The van der Waals surface area contributed by atoms with E-state index < -0.39 is 34.9 Å². The zero-order valence-corrected chi connectivity index (χ0v) is 27.5. The van der Waals surface area contributed by atoms with Gasteiger partial charge in [-0.3, -0.25) is 0 Å². The maximum absolute atomic E-state index is 14.4. The monoisotopic (exact) mass is 682 g/mol. The van der Waals surface area contributed by atoms with Crippen LogP contribution in [-0.4, -0.2) is 62.1 Å². The lowest BCUT2D eigenvalue weighted by molar-refractivity contribution is 0.0672. The summed E-state index contributed by atoms with van der Waals surface area (Å²) in [6.07, 6.45) is 0. The predicted molar refractivity (Wildman–Crippen MR) is 179 cm³/mol. The van der Waals surface area contributed by atoms with Crippen molar-refractivity contribution in [1.29, 1.82) is 0 Å². The van der Waals surface area contributed by atoms with Crippen LogP contribution >= 0.6 is 0 Å². The first-order chi connectivity index (χ1) is 23.6. The van der Waals surface area contributed by atoms with Crippen LogP contribution < -0.4 is 9.80 Å². The fourth-order valence-corrected chi connectivity index (χ4v) is 5.60. The van der Waals surface area contributed by atoms with Crippen molar-refractivity contribution in [3.8, 4) is 0 Å². The van der Waals surface area contributed by atoms with Crippen molar-refractivity contribution in [2.45, 2.75) is 26.9 Å². The van der Waals surface area contributed by atoms with E-state index in [1.165, 1.54) is 70.5 Å². The molecule has 0 amide bonds. The molecule has 0 radical (unpaired) electrons. The lowest BCUT2D eigenvalue weighted by atomic mass is 10.1. The molecular formula is C36H36F6N6O. The number of halogens is 6. The molecule has 0 saturated carbocycles. The van der Waals surface area contributed by atoms with Crippen LogP contribution in [0.3, 0.4) is 0 Å². The first kappa shape index (κ1) is 35.3. The van der Waals surface area contributed by atoms with Crippen LogP contribution in [0.2, 0.25) is 0 Å². The largest absolute Gasteiger partial charge is 0.378 e. The molecule has 0 aliphatic carbocycles. The van der Waals surface area contributed by atoms with Gasteiger partial charge in [0.1, 0.15) is 46.3 Å². The molecule has 1 saturated heterocycles. The number of fused-ring (bicyclic) bond motifs is 2. The Morgan fingerprint density at radius 3 is 1.55 bits per heavy atom. The topological polar surface area (TPSA) is 46.9 Å². The number of morpholine rings is 1. The third-order valence-corrected chi connectivity index (χ3v) is 7.77. The number of hydrogen-bond donors (Lipinski definition) is 0. The normalized spacial score (nSPS) is 15.1. The Morgan fingerprint density at radius 1 is 0.612 bits per heavy atom. The van der Waals surface area contributed by atoms with E-state index in [1.807, 2.05) is 18.7 Å². The number of anilines is 2. The van der Waals surface area contributed by atoms with Gasteiger partial charge in [-0.15, -0.1) is 0 Å². The summed E-state index contributed by atoms with van der Waals surface area (Å²) in [7, 11) is 3.47. The van der Waals surface area contributed by atoms with Gasteiger partial charge in [0.2, 0.25) is 11.9 Å². The number of aliphatic imine (C=N–C) groups is 2. The number of nitrogens with zero attached hydrogens (tertiary/aromatic N) is 6. The fraction of sp³-hybridized carbons (Fsp3) is 0.278. The van der Waals surface area contributed by atoms with Gasteiger partial charge in [-0.2, -0.15) is 0 Å². The summed E-state index contributed by atoms with van der Waals surface area (Å²) < 4.78 is 89.3. The number of rotatable bonds is 2. The van der Waals surface area contributed by atoms with E-state index in [0.29, 0.717) is 60.7 Å². The van der Waals surface area contributed by atoms with Crippen LogP contribution in [0.5, 0.6) is 0 Å². The second-order valence-corrected chi connectivity index (χ2v) is 11.2. The van der Waals surface area contributed by atoms with Gasteiger partial charge >= 0.3 is 0 Å². The lowest BCUT2D eigenvalue weighted by Gasteiger charge is -2.38. The van der Waals surface area contributed by atoms with Gasteiger partial charge in [0.15, 0.2) is 0 Å². The second kappa shape index (κ2) is 15.5. The molecule has 3 aliphatic heterocycles. The Balaban J connectivity index is 0.000000183. The molecule has 4 aromatic rings. The third-order valence-electron chi connectivity index (χ3n) is 7.77. The number of guanidine groups is 2. The minimum atomic E-state index is -0.686. The van der Waals surface area contributed by atoms with E-state index in [1.54, 1.807) is 31.1 Å². The molecule has 13 heteroatoms. The predicted octanol–water partition coefficient (Wildman–Crippen LogP) is 8.14. The van der Waals surface area contributed by atoms with Gasteiger partial charge in [0.25, 0.3) is 0 Å². The molecule has 0 atom stereocenters. The maximum Gasteiger partial charge on any atom is 0.207 e. The first-order valence-corrected chi connectivity index (χ1v) is 15.8. The Bertz CT molecular complexity index is 1820. The quantitative estimate of drug-likeness (QED) is 0.200. The first-order valence-electron chi connectivity index (χ1n) is 15.8. The van der Waals surface area contributed by atoms with Crippen LogP contribution in [0.1, 0.15) is 25.0 Å². The summed E-state index contributed by atoms with van der Waals surface area (Å²) in [5.41, 5.74) is 1.99. The average Bonchev–Trinajstić information content (AvgIpc) is 3.09. The van der Waals surface area contributed by atoms with E-state index in [4.69, 9.17) is 4.74 Å². The van der Waals surface area contributed by atoms with Crippen molar-refractivity contribution in [2.75, 3.05) is 50.2 Å². The molecule has 3 aliphatic rings. The Labute approximate surface area is 281 Å². The van der Waals surface area contributed by atoms with Gasteiger partial charge in [-0.05, 0) is 60.7 Å². The Kier molecular flexibility index (Phi) is 11.1. The van der Waals surface area contributed by atoms with Crippen molar-refractivity contribution in [2.24, 2.45) is 9.98 Å². The van der Waals surface area contributed by atoms with Gasteiger partial charge < -0.3 is 24.3 Å². The molecule has 49 heavy (non-hydrogen) atoms. The van der Waals surface area contributed by atoms with Gasteiger partial charge in [-0.1, -0.05) is 26.0 Å². The smallest absolute Gasteiger partial charge is 0.207 e. The molecule has 0 N–H and O–H groups in total. The second-order valence-electron chi connectivity index (χ2n) is 11.2. The molecule has 4 aromatic carbocycles. The Morgan fingerprint density at radius 2 is 1.06 bits per heavy atom. The number of benzene rings is 4. The Hall–Kier alpha value is -5.04. The highest BCUT2D eigenvalue weighted by Gasteiger charge is 2.31. The van der Waals surface area contributed by atoms with Gasteiger partial charge in [-0.25, -0.2) is 36.3 Å². The van der Waals surface area contributed by atoms with E-state index in [2.05, 4.69) is 9.98 Å². The zero-order chi connectivity index (χ0) is 35.2. The van der Waals surface area contributed by atoms with Crippen LogP contribution in [0.4, 0.5) is 49.1 Å². The molecule has 3 heterocycles. The number of para-hydroxylation sites is 2. The van der Waals surface area contributed by atoms with E-state index in [-0.39, 0.29) is 24.5 Å². The summed E-state index contributed by atoms with van der Waals surface area (Å²) in [5, 5.41) is 0. The van der Waals surface area contributed by atoms with Crippen LogP contribution in [0, 0.1) is 34.9 Å². The van der Waals surface area contributed by atoms with E-state index in [9.17, 15) is 26.3 Å². The summed E-state index contributed by atoms with van der Waals surface area (Å²) in [4.78, 5) is 15.4. The molecule has 7 nitrogen and oxygen atoms in total. The van der Waals surface area contributed by atoms with Gasteiger partial charge in [0.05, 0.1) is 37.7 Å². The van der Waals surface area contributed by atoms with Crippen molar-refractivity contribution in [3.05, 3.63) is 119 Å². The number of ether oxygens (including phenoxy) is 1. The lowest BCUT2D eigenvalue weighted by Crippen LogP contribution is -2.50. The summed E-state index contributed by atoms with van der Waals surface area (Å²) >= 11 is 0. The molecule has 0 bridgehead atoms. The van der Waals surface area contributed by atoms with Crippen LogP contribution in [0.15, 0.2) is 82.8 Å². The molecule has 0 spiro atoms. The van der Waals surface area contributed by atoms with Crippen molar-refractivity contribution in [1.82, 2.24) is 9.80 Å². The highest BCUT2D eigenvalue weighted by Crippen LogP contribution is 2.35. The van der Waals surface area contributed by atoms with Crippen molar-refractivity contribution < 1.29 is 31.1 Å². The SMILES string of the molecule is CC.CN(C)C1=Nc2ccc(F)cc2CN1c1c(F)cccc1F.Fc1ccc2c(c1)CN(c1c(F)cccc1F)C(N1CCOCC1)=N2. The molecule has 1 fully saturated rings. The van der Waals surface area contributed by atoms with E-state index in [0.717, 1.165) is 0 Å².